The Morgan fingerprint density at radius 2 is 2.14 bits per heavy atom. The zero-order chi connectivity index (χ0) is 10.6. The SMILES string of the molecule is C#CCCC(O)c1ccc(F)cc1F. The number of aliphatic hydroxyl groups is 1. The Morgan fingerprint density at radius 3 is 2.71 bits per heavy atom. The third-order valence-corrected chi connectivity index (χ3v) is 1.88. The molecule has 3 heteroatoms. The van der Waals surface area contributed by atoms with Crippen LogP contribution in [0.25, 0.3) is 0 Å². The van der Waals surface area contributed by atoms with Gasteiger partial charge in [-0.2, -0.15) is 0 Å². The maximum absolute atomic E-state index is 13.1. The van der Waals surface area contributed by atoms with Crippen LogP contribution in [0.3, 0.4) is 0 Å². The fraction of sp³-hybridized carbons (Fsp3) is 0.273. The molecule has 1 unspecified atom stereocenters. The van der Waals surface area contributed by atoms with Crippen LogP contribution in [0.15, 0.2) is 18.2 Å². The van der Waals surface area contributed by atoms with Crippen LogP contribution in [0.4, 0.5) is 8.78 Å². The Kier molecular flexibility index (Phi) is 3.61. The van der Waals surface area contributed by atoms with Gasteiger partial charge in [0, 0.05) is 18.1 Å². The highest BCUT2D eigenvalue weighted by molar-refractivity contribution is 5.20. The number of hydrogen-bond acceptors (Lipinski definition) is 1. The van der Waals surface area contributed by atoms with Crippen molar-refractivity contribution in [3.8, 4) is 12.3 Å². The van der Waals surface area contributed by atoms with Crippen molar-refractivity contribution in [1.82, 2.24) is 0 Å². The molecule has 14 heavy (non-hydrogen) atoms. The largest absolute Gasteiger partial charge is 0.388 e. The van der Waals surface area contributed by atoms with Gasteiger partial charge in [0.15, 0.2) is 0 Å². The van der Waals surface area contributed by atoms with E-state index in [0.717, 1.165) is 12.1 Å². The molecule has 74 valence electrons. The first kappa shape index (κ1) is 10.7. The van der Waals surface area contributed by atoms with Crippen molar-refractivity contribution in [1.29, 1.82) is 0 Å². The molecule has 1 aromatic carbocycles. The van der Waals surface area contributed by atoms with Crippen molar-refractivity contribution < 1.29 is 13.9 Å². The van der Waals surface area contributed by atoms with Gasteiger partial charge in [0.05, 0.1) is 6.10 Å². The summed E-state index contributed by atoms with van der Waals surface area (Å²) < 4.78 is 25.6. The summed E-state index contributed by atoms with van der Waals surface area (Å²) in [7, 11) is 0. The average Bonchev–Trinajstić information content (AvgIpc) is 2.14. The Balaban J connectivity index is 2.80. The molecule has 0 bridgehead atoms. The third-order valence-electron chi connectivity index (χ3n) is 1.88. The monoisotopic (exact) mass is 196 g/mol. The quantitative estimate of drug-likeness (QED) is 0.736. The summed E-state index contributed by atoms with van der Waals surface area (Å²) in [6.45, 7) is 0. The molecule has 0 heterocycles. The summed E-state index contributed by atoms with van der Waals surface area (Å²) in [4.78, 5) is 0. The van der Waals surface area contributed by atoms with Crippen LogP contribution in [0.1, 0.15) is 24.5 Å². The molecule has 0 radical (unpaired) electrons. The van der Waals surface area contributed by atoms with E-state index in [2.05, 4.69) is 5.92 Å². The normalized spacial score (nSPS) is 12.1. The van der Waals surface area contributed by atoms with Crippen molar-refractivity contribution in [2.45, 2.75) is 18.9 Å². The van der Waals surface area contributed by atoms with E-state index in [1.807, 2.05) is 0 Å². The number of aliphatic hydroxyl groups excluding tert-OH is 1. The minimum Gasteiger partial charge on any atom is -0.388 e. The van der Waals surface area contributed by atoms with Crippen molar-refractivity contribution in [2.75, 3.05) is 0 Å². The second-order valence-electron chi connectivity index (χ2n) is 2.92. The lowest BCUT2D eigenvalue weighted by atomic mass is 10.0. The third kappa shape index (κ3) is 2.54. The Bertz CT molecular complexity index is 355. The highest BCUT2D eigenvalue weighted by Crippen LogP contribution is 2.21. The molecule has 1 atom stereocenters. The van der Waals surface area contributed by atoms with Gasteiger partial charge in [0.1, 0.15) is 11.6 Å². The molecule has 0 aliphatic carbocycles. The Hall–Kier alpha value is -1.40. The molecule has 0 aliphatic heterocycles. The van der Waals surface area contributed by atoms with Gasteiger partial charge in [-0.25, -0.2) is 8.78 Å². The molecule has 0 saturated carbocycles. The lowest BCUT2D eigenvalue weighted by Gasteiger charge is -2.09. The van der Waals surface area contributed by atoms with E-state index in [4.69, 9.17) is 6.42 Å². The van der Waals surface area contributed by atoms with Gasteiger partial charge in [-0.15, -0.1) is 12.3 Å². The molecule has 0 fully saturated rings. The standard InChI is InChI=1S/C11H10F2O/c1-2-3-4-11(14)9-6-5-8(12)7-10(9)13/h1,5-7,11,14H,3-4H2. The van der Waals surface area contributed by atoms with E-state index in [1.54, 1.807) is 0 Å². The van der Waals surface area contributed by atoms with Gasteiger partial charge in [-0.05, 0) is 12.5 Å². The molecule has 0 amide bonds. The number of terminal acetylenes is 1. The highest BCUT2D eigenvalue weighted by Gasteiger charge is 2.12. The molecule has 1 aromatic rings. The van der Waals surface area contributed by atoms with Crippen molar-refractivity contribution in [3.05, 3.63) is 35.4 Å². The van der Waals surface area contributed by atoms with E-state index in [1.165, 1.54) is 6.07 Å². The van der Waals surface area contributed by atoms with Gasteiger partial charge >= 0.3 is 0 Å². The van der Waals surface area contributed by atoms with Gasteiger partial charge in [0.25, 0.3) is 0 Å². The van der Waals surface area contributed by atoms with E-state index >= 15 is 0 Å². The molecule has 0 aromatic heterocycles. The maximum atomic E-state index is 13.1. The zero-order valence-corrected chi connectivity index (χ0v) is 7.50. The Morgan fingerprint density at radius 1 is 1.43 bits per heavy atom. The molecule has 0 saturated heterocycles. The number of hydrogen-bond donors (Lipinski definition) is 1. The molecule has 1 N–H and O–H groups in total. The first-order valence-corrected chi connectivity index (χ1v) is 4.21. The van der Waals surface area contributed by atoms with E-state index < -0.39 is 17.7 Å². The minimum absolute atomic E-state index is 0.0849. The highest BCUT2D eigenvalue weighted by atomic mass is 19.1. The lowest BCUT2D eigenvalue weighted by Crippen LogP contribution is -2.00. The van der Waals surface area contributed by atoms with Crippen LogP contribution in [-0.4, -0.2) is 5.11 Å². The maximum Gasteiger partial charge on any atom is 0.131 e. The first-order chi connectivity index (χ1) is 6.65. The van der Waals surface area contributed by atoms with E-state index in [0.29, 0.717) is 6.42 Å². The van der Waals surface area contributed by atoms with Gasteiger partial charge in [-0.1, -0.05) is 6.07 Å². The van der Waals surface area contributed by atoms with Gasteiger partial charge in [0.2, 0.25) is 0 Å². The predicted molar refractivity (Wildman–Crippen MR) is 49.4 cm³/mol. The van der Waals surface area contributed by atoms with Crippen LogP contribution in [-0.2, 0) is 0 Å². The van der Waals surface area contributed by atoms with Crippen LogP contribution < -0.4 is 0 Å². The Labute approximate surface area is 81.4 Å². The van der Waals surface area contributed by atoms with Crippen LogP contribution in [0, 0.1) is 24.0 Å². The number of rotatable bonds is 3. The summed E-state index contributed by atoms with van der Waals surface area (Å²) in [5, 5.41) is 9.47. The molecule has 0 aliphatic rings. The predicted octanol–water partition coefficient (Wildman–Crippen LogP) is 2.41. The number of halogens is 2. The van der Waals surface area contributed by atoms with E-state index in [-0.39, 0.29) is 12.0 Å². The van der Waals surface area contributed by atoms with Crippen LogP contribution in [0.2, 0.25) is 0 Å². The molecule has 1 nitrogen and oxygen atoms in total. The molecular weight excluding hydrogens is 186 g/mol. The fourth-order valence-corrected chi connectivity index (χ4v) is 1.15. The second-order valence-corrected chi connectivity index (χ2v) is 2.92. The molecule has 1 rings (SSSR count). The van der Waals surface area contributed by atoms with Gasteiger partial charge in [-0.3, -0.25) is 0 Å². The first-order valence-electron chi connectivity index (χ1n) is 4.21. The molecular formula is C11H10F2O. The lowest BCUT2D eigenvalue weighted by molar-refractivity contribution is 0.164. The summed E-state index contributed by atoms with van der Waals surface area (Å²) in [6.07, 6.45) is 4.67. The summed E-state index contributed by atoms with van der Waals surface area (Å²) >= 11 is 0. The summed E-state index contributed by atoms with van der Waals surface area (Å²) in [5.74, 6) is 0.944. The van der Waals surface area contributed by atoms with Crippen molar-refractivity contribution in [3.63, 3.8) is 0 Å². The minimum atomic E-state index is -0.966. The summed E-state index contributed by atoms with van der Waals surface area (Å²) in [5.41, 5.74) is 0.0849. The fourth-order valence-electron chi connectivity index (χ4n) is 1.15. The van der Waals surface area contributed by atoms with Crippen LogP contribution in [0.5, 0.6) is 0 Å². The zero-order valence-electron chi connectivity index (χ0n) is 7.50. The molecule has 0 spiro atoms. The van der Waals surface area contributed by atoms with Crippen molar-refractivity contribution >= 4 is 0 Å². The van der Waals surface area contributed by atoms with E-state index in [9.17, 15) is 13.9 Å². The summed E-state index contributed by atoms with van der Waals surface area (Å²) in [6, 6.07) is 3.08. The second kappa shape index (κ2) is 4.73. The topological polar surface area (TPSA) is 20.2 Å². The van der Waals surface area contributed by atoms with Gasteiger partial charge < -0.3 is 5.11 Å². The van der Waals surface area contributed by atoms with Crippen LogP contribution >= 0.6 is 0 Å². The smallest absolute Gasteiger partial charge is 0.131 e. The number of benzene rings is 1. The van der Waals surface area contributed by atoms with Crippen molar-refractivity contribution in [2.24, 2.45) is 0 Å². The average molecular weight is 196 g/mol.